The minimum Gasteiger partial charge on any atom is -0.478 e. The summed E-state index contributed by atoms with van der Waals surface area (Å²) in [6.45, 7) is 14.7. The van der Waals surface area contributed by atoms with E-state index in [2.05, 4.69) is 46.8 Å². The van der Waals surface area contributed by atoms with E-state index in [0.29, 0.717) is 5.57 Å². The van der Waals surface area contributed by atoms with E-state index in [1.54, 1.807) is 13.0 Å². The number of carboxylic acid groups (broad SMARTS) is 1. The van der Waals surface area contributed by atoms with Crippen molar-refractivity contribution in [1.29, 1.82) is 0 Å². The minimum absolute atomic E-state index is 0.715. The van der Waals surface area contributed by atoms with Crippen LogP contribution in [0.3, 0.4) is 0 Å². The molecule has 0 saturated heterocycles. The van der Waals surface area contributed by atoms with Gasteiger partial charge < -0.3 is 5.11 Å². The van der Waals surface area contributed by atoms with Gasteiger partial charge in [-0.25, -0.2) is 4.79 Å². The molecule has 128 valence electrons. The summed E-state index contributed by atoms with van der Waals surface area (Å²) in [4.78, 5) is 10.6. The average Bonchev–Trinajstić information content (AvgIpc) is 2.50. The lowest BCUT2D eigenvalue weighted by molar-refractivity contribution is -0.131. The van der Waals surface area contributed by atoms with Gasteiger partial charge in [0.1, 0.15) is 0 Å². The van der Waals surface area contributed by atoms with Crippen LogP contribution in [0.5, 0.6) is 0 Å². The van der Waals surface area contributed by atoms with Gasteiger partial charge in [0.15, 0.2) is 0 Å². The number of hydrogen-bond donors (Lipinski definition) is 1. The van der Waals surface area contributed by atoms with E-state index < -0.39 is 5.97 Å². The Kier molecular flexibility index (Phi) is 6.97. The van der Waals surface area contributed by atoms with Gasteiger partial charge in [0.05, 0.1) is 0 Å². The van der Waals surface area contributed by atoms with Crippen molar-refractivity contribution in [2.24, 2.45) is 0 Å². The second-order valence-corrected chi connectivity index (χ2v) is 6.37. The fraction of sp³-hybridized carbons (Fsp3) is 0.318. The van der Waals surface area contributed by atoms with E-state index in [9.17, 15) is 4.79 Å². The van der Waals surface area contributed by atoms with Crippen molar-refractivity contribution in [1.82, 2.24) is 0 Å². The third-order valence-electron chi connectivity index (χ3n) is 4.64. The zero-order valence-electron chi connectivity index (χ0n) is 15.8. The van der Waals surface area contributed by atoms with Crippen molar-refractivity contribution >= 4 is 12.0 Å². The first kappa shape index (κ1) is 19.7. The van der Waals surface area contributed by atoms with E-state index in [4.69, 9.17) is 5.11 Å². The Morgan fingerprint density at radius 3 is 1.79 bits per heavy atom. The van der Waals surface area contributed by atoms with E-state index in [0.717, 1.165) is 5.57 Å². The Hall–Kier alpha value is -2.35. The van der Waals surface area contributed by atoms with Crippen LogP contribution < -0.4 is 0 Å². The Morgan fingerprint density at radius 2 is 1.29 bits per heavy atom. The molecule has 2 nitrogen and oxygen atoms in total. The molecule has 0 aromatic heterocycles. The average molecular weight is 324 g/mol. The molecular formula is C22H28O2. The van der Waals surface area contributed by atoms with Crippen LogP contribution in [-0.4, -0.2) is 11.1 Å². The van der Waals surface area contributed by atoms with E-state index in [1.165, 1.54) is 39.5 Å². The zero-order chi connectivity index (χ0) is 18.4. The van der Waals surface area contributed by atoms with Gasteiger partial charge in [0, 0.05) is 6.08 Å². The maximum atomic E-state index is 10.6. The number of benzene rings is 1. The summed E-state index contributed by atoms with van der Waals surface area (Å²) < 4.78 is 0. The summed E-state index contributed by atoms with van der Waals surface area (Å²) in [5.41, 5.74) is 9.86. The second-order valence-electron chi connectivity index (χ2n) is 6.37. The quantitative estimate of drug-likeness (QED) is 0.551. The molecule has 1 N–H and O–H groups in total. The molecule has 0 aliphatic heterocycles. The molecule has 1 aromatic carbocycles. The highest BCUT2D eigenvalue weighted by Gasteiger charge is 2.09. The summed E-state index contributed by atoms with van der Waals surface area (Å²) >= 11 is 0. The summed E-state index contributed by atoms with van der Waals surface area (Å²) in [5.74, 6) is -0.922. The van der Waals surface area contributed by atoms with E-state index in [1.807, 2.05) is 19.1 Å². The Balaban J connectivity index is 3.04. The monoisotopic (exact) mass is 324 g/mol. The van der Waals surface area contributed by atoms with Gasteiger partial charge in [-0.2, -0.15) is 0 Å². The van der Waals surface area contributed by atoms with Crippen molar-refractivity contribution in [2.45, 2.75) is 48.5 Å². The Morgan fingerprint density at radius 1 is 0.792 bits per heavy atom. The molecule has 1 rings (SSSR count). The van der Waals surface area contributed by atoms with Crippen LogP contribution in [0.2, 0.25) is 0 Å². The highest BCUT2D eigenvalue weighted by Crippen LogP contribution is 2.27. The summed E-state index contributed by atoms with van der Waals surface area (Å²) in [5, 5.41) is 8.68. The molecule has 0 spiro atoms. The largest absolute Gasteiger partial charge is 0.478 e. The van der Waals surface area contributed by atoms with E-state index in [-0.39, 0.29) is 0 Å². The standard InChI is InChI=1S/C22H28O2/c1-14(9-8-10-15(2)13-22(23)24)11-12-21-19(6)17(4)16(3)18(5)20(21)7/h8-13H,1-7H3,(H,23,24). The summed E-state index contributed by atoms with van der Waals surface area (Å²) in [7, 11) is 0. The van der Waals surface area contributed by atoms with Gasteiger partial charge in [0.2, 0.25) is 0 Å². The fourth-order valence-electron chi connectivity index (χ4n) is 2.64. The smallest absolute Gasteiger partial charge is 0.328 e. The van der Waals surface area contributed by atoms with Crippen LogP contribution in [0.4, 0.5) is 0 Å². The molecule has 0 aliphatic carbocycles. The van der Waals surface area contributed by atoms with Crippen LogP contribution >= 0.6 is 0 Å². The van der Waals surface area contributed by atoms with Crippen molar-refractivity contribution in [3.63, 3.8) is 0 Å². The summed E-state index contributed by atoms with van der Waals surface area (Å²) in [6, 6.07) is 0. The van der Waals surface area contributed by atoms with Crippen molar-refractivity contribution < 1.29 is 9.90 Å². The lowest BCUT2D eigenvalue weighted by Crippen LogP contribution is -1.99. The molecule has 0 heterocycles. The van der Waals surface area contributed by atoms with Gasteiger partial charge in [-0.3, -0.25) is 0 Å². The first-order chi connectivity index (χ1) is 11.1. The molecule has 0 aliphatic rings. The minimum atomic E-state index is -0.922. The second kappa shape index (κ2) is 8.49. The molecule has 0 bridgehead atoms. The van der Waals surface area contributed by atoms with Gasteiger partial charge in [-0.15, -0.1) is 0 Å². The molecular weight excluding hydrogens is 296 g/mol. The Labute approximate surface area is 145 Å². The highest BCUT2D eigenvalue weighted by molar-refractivity contribution is 5.81. The van der Waals surface area contributed by atoms with E-state index >= 15 is 0 Å². The molecule has 0 fully saturated rings. The lowest BCUT2D eigenvalue weighted by atomic mass is 9.89. The molecule has 2 heteroatoms. The topological polar surface area (TPSA) is 37.3 Å². The predicted molar refractivity (Wildman–Crippen MR) is 103 cm³/mol. The molecule has 0 unspecified atom stereocenters. The first-order valence-corrected chi connectivity index (χ1v) is 8.16. The van der Waals surface area contributed by atoms with Crippen LogP contribution in [0.1, 0.15) is 47.2 Å². The van der Waals surface area contributed by atoms with Gasteiger partial charge in [0.25, 0.3) is 0 Å². The number of allylic oxidation sites excluding steroid dienone is 6. The zero-order valence-corrected chi connectivity index (χ0v) is 15.8. The van der Waals surface area contributed by atoms with Gasteiger partial charge in [-0.05, 0) is 87.4 Å². The van der Waals surface area contributed by atoms with Crippen LogP contribution in [-0.2, 0) is 4.79 Å². The maximum absolute atomic E-state index is 10.6. The molecule has 24 heavy (non-hydrogen) atoms. The lowest BCUT2D eigenvalue weighted by Gasteiger charge is -2.16. The third-order valence-corrected chi connectivity index (χ3v) is 4.64. The number of aliphatic carboxylic acids is 1. The fourth-order valence-corrected chi connectivity index (χ4v) is 2.64. The third kappa shape index (κ3) is 5.09. The number of carbonyl (C=O) groups is 1. The molecule has 0 amide bonds. The molecule has 0 radical (unpaired) electrons. The predicted octanol–water partition coefficient (Wildman–Crippen LogP) is 5.78. The van der Waals surface area contributed by atoms with Crippen LogP contribution in [0, 0.1) is 34.6 Å². The molecule has 1 aromatic rings. The van der Waals surface area contributed by atoms with Crippen molar-refractivity contribution in [3.8, 4) is 0 Å². The summed E-state index contributed by atoms with van der Waals surface area (Å²) in [6.07, 6.45) is 11.1. The van der Waals surface area contributed by atoms with Gasteiger partial charge >= 0.3 is 5.97 Å². The molecule has 0 atom stereocenters. The van der Waals surface area contributed by atoms with Gasteiger partial charge in [-0.1, -0.05) is 36.0 Å². The maximum Gasteiger partial charge on any atom is 0.328 e. The highest BCUT2D eigenvalue weighted by atomic mass is 16.4. The van der Waals surface area contributed by atoms with Crippen LogP contribution in [0.25, 0.3) is 6.08 Å². The number of hydrogen-bond acceptors (Lipinski definition) is 1. The number of rotatable bonds is 5. The SMILES string of the molecule is CC(C=Cc1c(C)c(C)c(C)c(C)c1C)=CC=CC(C)=CC(=O)O. The van der Waals surface area contributed by atoms with Crippen LogP contribution in [0.15, 0.2) is 41.5 Å². The van der Waals surface area contributed by atoms with Crippen molar-refractivity contribution in [3.05, 3.63) is 74.9 Å². The Bertz CT molecular complexity index is 728. The first-order valence-electron chi connectivity index (χ1n) is 8.16. The normalized spacial score (nSPS) is 13.3. The molecule has 0 saturated carbocycles. The van der Waals surface area contributed by atoms with Crippen molar-refractivity contribution in [2.75, 3.05) is 0 Å². The number of carboxylic acids is 1.